The Bertz CT molecular complexity index is 454. The maximum absolute atomic E-state index is 5.48. The third-order valence-corrected chi connectivity index (χ3v) is 3.42. The second-order valence-electron chi connectivity index (χ2n) is 6.12. The van der Waals surface area contributed by atoms with E-state index in [1.54, 1.807) is 0 Å². The molecule has 1 N–H and O–H groups in total. The number of hydrogen-bond acceptors (Lipinski definition) is 5. The van der Waals surface area contributed by atoms with Crippen LogP contribution in [0.2, 0.25) is 0 Å². The van der Waals surface area contributed by atoms with E-state index in [2.05, 4.69) is 49.8 Å². The van der Waals surface area contributed by atoms with Crippen molar-refractivity contribution in [3.63, 3.8) is 0 Å². The van der Waals surface area contributed by atoms with Crippen molar-refractivity contribution in [1.82, 2.24) is 9.97 Å². The van der Waals surface area contributed by atoms with Gasteiger partial charge in [0.25, 0.3) is 0 Å². The molecule has 1 aromatic heterocycles. The molecule has 0 saturated carbocycles. The third-order valence-electron chi connectivity index (χ3n) is 3.42. The topological polar surface area (TPSA) is 50.3 Å². The summed E-state index contributed by atoms with van der Waals surface area (Å²) < 4.78 is 5.48. The van der Waals surface area contributed by atoms with Gasteiger partial charge in [-0.1, -0.05) is 20.8 Å². The molecule has 0 unspecified atom stereocenters. The van der Waals surface area contributed by atoms with Crippen LogP contribution >= 0.6 is 0 Å². The first kappa shape index (κ1) is 17.7. The normalized spacial score (nSPS) is 11.6. The van der Waals surface area contributed by atoms with Crippen LogP contribution in [-0.4, -0.2) is 43.3 Å². The van der Waals surface area contributed by atoms with Crippen LogP contribution in [0.25, 0.3) is 0 Å². The van der Waals surface area contributed by atoms with Gasteiger partial charge in [0.2, 0.25) is 0 Å². The number of anilines is 2. The molecule has 0 amide bonds. The smallest absolute Gasteiger partial charge is 0.138 e. The highest BCUT2D eigenvalue weighted by atomic mass is 16.5. The van der Waals surface area contributed by atoms with Gasteiger partial charge in [-0.15, -0.1) is 0 Å². The largest absolute Gasteiger partial charge is 0.380 e. The lowest BCUT2D eigenvalue weighted by atomic mass is 9.95. The average molecular weight is 294 g/mol. The van der Waals surface area contributed by atoms with Gasteiger partial charge in [0.15, 0.2) is 0 Å². The van der Waals surface area contributed by atoms with Gasteiger partial charge in [-0.2, -0.15) is 0 Å². The van der Waals surface area contributed by atoms with Crippen LogP contribution in [0.15, 0.2) is 0 Å². The molecule has 0 radical (unpaired) electrons. The van der Waals surface area contributed by atoms with Crippen LogP contribution in [0.1, 0.15) is 46.0 Å². The Kier molecular flexibility index (Phi) is 6.40. The van der Waals surface area contributed by atoms with E-state index in [1.807, 2.05) is 14.0 Å². The highest BCUT2D eigenvalue weighted by molar-refractivity contribution is 5.58. The van der Waals surface area contributed by atoms with Gasteiger partial charge in [0.05, 0.1) is 6.61 Å². The number of nitrogens with zero attached hydrogens (tertiary/aromatic N) is 3. The molecule has 120 valence electrons. The molecular formula is C16H30N4O. The van der Waals surface area contributed by atoms with Gasteiger partial charge < -0.3 is 15.0 Å². The average Bonchev–Trinajstić information content (AvgIpc) is 2.43. The quantitative estimate of drug-likeness (QED) is 0.783. The minimum Gasteiger partial charge on any atom is -0.380 e. The van der Waals surface area contributed by atoms with E-state index in [9.17, 15) is 0 Å². The van der Waals surface area contributed by atoms with Crippen molar-refractivity contribution in [1.29, 1.82) is 0 Å². The minimum atomic E-state index is -0.0760. The van der Waals surface area contributed by atoms with E-state index in [4.69, 9.17) is 9.72 Å². The van der Waals surface area contributed by atoms with Crippen LogP contribution in [0.3, 0.4) is 0 Å². The molecule has 0 aliphatic carbocycles. The fraction of sp³-hybridized carbons (Fsp3) is 0.750. The lowest BCUT2D eigenvalue weighted by molar-refractivity contribution is 0.154. The Morgan fingerprint density at radius 2 is 1.86 bits per heavy atom. The molecule has 1 heterocycles. The van der Waals surface area contributed by atoms with Gasteiger partial charge in [-0.05, 0) is 20.8 Å². The van der Waals surface area contributed by atoms with Gasteiger partial charge in [0, 0.05) is 37.7 Å². The van der Waals surface area contributed by atoms with Crippen molar-refractivity contribution in [2.45, 2.75) is 47.0 Å². The van der Waals surface area contributed by atoms with E-state index in [0.29, 0.717) is 6.61 Å². The SMILES string of the molecule is CCOCCN(CC)c1nc(C(C)(C)C)nc(NC)c1C. The first-order chi connectivity index (χ1) is 9.85. The van der Waals surface area contributed by atoms with Crippen LogP contribution in [-0.2, 0) is 10.2 Å². The molecule has 0 aliphatic rings. The highest BCUT2D eigenvalue weighted by Crippen LogP contribution is 2.28. The van der Waals surface area contributed by atoms with Crippen molar-refractivity contribution >= 4 is 11.6 Å². The molecule has 21 heavy (non-hydrogen) atoms. The Morgan fingerprint density at radius 1 is 1.19 bits per heavy atom. The van der Waals surface area contributed by atoms with Crippen molar-refractivity contribution in [2.24, 2.45) is 0 Å². The predicted molar refractivity (Wildman–Crippen MR) is 89.4 cm³/mol. The second kappa shape index (κ2) is 7.59. The van der Waals surface area contributed by atoms with Crippen molar-refractivity contribution in [3.05, 3.63) is 11.4 Å². The van der Waals surface area contributed by atoms with E-state index in [1.165, 1.54) is 0 Å². The molecule has 0 bridgehead atoms. The maximum Gasteiger partial charge on any atom is 0.138 e. The Labute approximate surface area is 129 Å². The molecule has 0 aromatic carbocycles. The summed E-state index contributed by atoms with van der Waals surface area (Å²) in [6.45, 7) is 15.8. The molecule has 1 aromatic rings. The zero-order valence-electron chi connectivity index (χ0n) is 14.6. The summed E-state index contributed by atoms with van der Waals surface area (Å²) in [5, 5.41) is 3.19. The molecule has 0 atom stereocenters. The van der Waals surface area contributed by atoms with Crippen LogP contribution in [0, 0.1) is 6.92 Å². The molecular weight excluding hydrogens is 264 g/mol. The fourth-order valence-electron chi connectivity index (χ4n) is 2.12. The summed E-state index contributed by atoms with van der Waals surface area (Å²) in [5.74, 6) is 2.77. The summed E-state index contributed by atoms with van der Waals surface area (Å²) in [6, 6.07) is 0. The lowest BCUT2D eigenvalue weighted by Gasteiger charge is -2.27. The molecule has 5 nitrogen and oxygen atoms in total. The van der Waals surface area contributed by atoms with Gasteiger partial charge in [-0.3, -0.25) is 0 Å². The third kappa shape index (κ3) is 4.56. The minimum absolute atomic E-state index is 0.0760. The van der Waals surface area contributed by atoms with Gasteiger partial charge >= 0.3 is 0 Å². The standard InChI is InChI=1S/C16H30N4O/c1-8-20(10-11-21-9-2)14-12(3)13(17-7)18-15(19-14)16(4,5)6/h8-11H2,1-7H3,(H,17,18,19). The first-order valence-corrected chi connectivity index (χ1v) is 7.74. The van der Waals surface area contributed by atoms with E-state index in [0.717, 1.165) is 42.7 Å². The first-order valence-electron chi connectivity index (χ1n) is 7.74. The number of nitrogens with one attached hydrogen (secondary N) is 1. The number of rotatable bonds is 7. The van der Waals surface area contributed by atoms with Crippen molar-refractivity contribution < 1.29 is 4.74 Å². The van der Waals surface area contributed by atoms with E-state index < -0.39 is 0 Å². The molecule has 0 fully saturated rings. The number of hydrogen-bond donors (Lipinski definition) is 1. The van der Waals surface area contributed by atoms with Crippen LogP contribution in [0.4, 0.5) is 11.6 Å². The van der Waals surface area contributed by atoms with E-state index >= 15 is 0 Å². The highest BCUT2D eigenvalue weighted by Gasteiger charge is 2.22. The predicted octanol–water partition coefficient (Wildman–Crippen LogP) is 2.99. The second-order valence-corrected chi connectivity index (χ2v) is 6.12. The summed E-state index contributed by atoms with van der Waals surface area (Å²) in [7, 11) is 1.90. The fourth-order valence-corrected chi connectivity index (χ4v) is 2.12. The summed E-state index contributed by atoms with van der Waals surface area (Å²) in [5.41, 5.74) is 1.01. The molecule has 0 saturated heterocycles. The zero-order chi connectivity index (χ0) is 16.0. The monoisotopic (exact) mass is 294 g/mol. The van der Waals surface area contributed by atoms with Crippen molar-refractivity contribution in [3.8, 4) is 0 Å². The Balaban J connectivity index is 3.18. The number of aromatic nitrogens is 2. The molecule has 5 heteroatoms. The number of likely N-dealkylation sites (N-methyl/N-ethyl adjacent to an activating group) is 1. The van der Waals surface area contributed by atoms with Gasteiger partial charge in [0.1, 0.15) is 17.5 Å². The Morgan fingerprint density at radius 3 is 2.33 bits per heavy atom. The van der Waals surface area contributed by atoms with E-state index in [-0.39, 0.29) is 5.41 Å². The van der Waals surface area contributed by atoms with Crippen molar-refractivity contribution in [2.75, 3.05) is 43.6 Å². The summed E-state index contributed by atoms with van der Waals surface area (Å²) in [4.78, 5) is 11.7. The summed E-state index contributed by atoms with van der Waals surface area (Å²) >= 11 is 0. The lowest BCUT2D eigenvalue weighted by Crippen LogP contribution is -2.30. The summed E-state index contributed by atoms with van der Waals surface area (Å²) in [6.07, 6.45) is 0. The zero-order valence-corrected chi connectivity index (χ0v) is 14.6. The van der Waals surface area contributed by atoms with Gasteiger partial charge in [-0.25, -0.2) is 9.97 Å². The van der Waals surface area contributed by atoms with Crippen LogP contribution < -0.4 is 10.2 Å². The molecule has 0 aliphatic heterocycles. The Hall–Kier alpha value is -1.36. The number of ether oxygens (including phenoxy) is 1. The molecule has 1 rings (SSSR count). The molecule has 0 spiro atoms. The van der Waals surface area contributed by atoms with Crippen LogP contribution in [0.5, 0.6) is 0 Å². The maximum atomic E-state index is 5.48.